The van der Waals surface area contributed by atoms with Crippen LogP contribution in [0.25, 0.3) is 0 Å². The Morgan fingerprint density at radius 3 is 2.60 bits per heavy atom. The van der Waals surface area contributed by atoms with Crippen LogP contribution in [0.1, 0.15) is 18.4 Å². The van der Waals surface area contributed by atoms with E-state index in [0.717, 1.165) is 12.1 Å². The third kappa shape index (κ3) is 2.70. The second-order valence-electron chi connectivity index (χ2n) is 4.33. The van der Waals surface area contributed by atoms with Gasteiger partial charge in [0.25, 0.3) is 10.0 Å². The fourth-order valence-electron chi connectivity index (χ4n) is 1.94. The number of hydrogen-bond donors (Lipinski definition) is 1. The monoisotopic (exact) mass is 294 g/mol. The average molecular weight is 294 g/mol. The van der Waals surface area contributed by atoms with Gasteiger partial charge in [0.05, 0.1) is 0 Å². The van der Waals surface area contributed by atoms with Gasteiger partial charge < -0.3 is 0 Å². The van der Waals surface area contributed by atoms with Crippen molar-refractivity contribution < 1.29 is 17.6 Å². The zero-order valence-corrected chi connectivity index (χ0v) is 11.2. The van der Waals surface area contributed by atoms with Crippen molar-refractivity contribution in [1.82, 2.24) is 4.72 Å². The molecule has 20 heavy (non-hydrogen) atoms. The maximum absolute atomic E-state index is 13.4. The van der Waals surface area contributed by atoms with Crippen molar-refractivity contribution in [2.75, 3.05) is 0 Å². The summed E-state index contributed by atoms with van der Waals surface area (Å²) in [5, 5.41) is 8.83. The Balaban J connectivity index is 2.30. The number of benzene rings is 1. The number of halogens is 1. The van der Waals surface area contributed by atoms with Gasteiger partial charge in [0.1, 0.15) is 22.3 Å². The maximum atomic E-state index is 13.4. The number of rotatable bonds is 3. The number of nitrogens with one attached hydrogen (secondary N) is 1. The molecular weight excluding hydrogens is 283 g/mol. The minimum Gasteiger partial charge on any atom is -0.274 e. The fraction of sp³-hybridized carbons (Fsp3) is 0.231. The standard InChI is InChI=1S/C13H11FN2O3S/c14-11-6-3-7-12(10(11)8-15)20(18,19)16-13(17)9-4-1-2-5-9/h1-3,6-7,9H,4-5H2,(H,16,17). The SMILES string of the molecule is N#Cc1c(F)cccc1S(=O)(=O)NC(=O)C1CC=CC1. The molecule has 2 rings (SSSR count). The van der Waals surface area contributed by atoms with Crippen LogP contribution in [-0.2, 0) is 14.8 Å². The van der Waals surface area contributed by atoms with E-state index in [0.29, 0.717) is 12.8 Å². The van der Waals surface area contributed by atoms with E-state index in [2.05, 4.69) is 0 Å². The summed E-state index contributed by atoms with van der Waals surface area (Å²) >= 11 is 0. The molecule has 0 spiro atoms. The van der Waals surface area contributed by atoms with Gasteiger partial charge in [-0.1, -0.05) is 18.2 Å². The van der Waals surface area contributed by atoms with E-state index in [1.165, 1.54) is 12.1 Å². The second kappa shape index (κ2) is 5.43. The Morgan fingerprint density at radius 1 is 1.35 bits per heavy atom. The molecular formula is C13H11FN2O3S. The number of carbonyl (C=O) groups excluding carboxylic acids is 1. The van der Waals surface area contributed by atoms with Gasteiger partial charge in [0.2, 0.25) is 5.91 Å². The highest BCUT2D eigenvalue weighted by molar-refractivity contribution is 7.90. The molecule has 5 nitrogen and oxygen atoms in total. The van der Waals surface area contributed by atoms with Gasteiger partial charge in [0, 0.05) is 5.92 Å². The van der Waals surface area contributed by atoms with E-state index >= 15 is 0 Å². The van der Waals surface area contributed by atoms with E-state index in [1.807, 2.05) is 4.72 Å². The molecule has 1 amide bonds. The zero-order chi connectivity index (χ0) is 14.8. The maximum Gasteiger partial charge on any atom is 0.265 e. The first-order chi connectivity index (χ1) is 9.45. The number of allylic oxidation sites excluding steroid dienone is 2. The molecule has 0 saturated carbocycles. The largest absolute Gasteiger partial charge is 0.274 e. The number of nitriles is 1. The molecule has 0 radical (unpaired) electrons. The van der Waals surface area contributed by atoms with Crippen molar-refractivity contribution in [3.05, 3.63) is 41.7 Å². The number of amides is 1. The fourth-order valence-corrected chi connectivity index (χ4v) is 3.15. The molecule has 0 fully saturated rings. The molecule has 0 heterocycles. The normalized spacial score (nSPS) is 15.0. The molecule has 1 aromatic carbocycles. The first kappa shape index (κ1) is 14.2. The third-order valence-corrected chi connectivity index (χ3v) is 4.38. The van der Waals surface area contributed by atoms with Crippen molar-refractivity contribution in [3.8, 4) is 6.07 Å². The minimum atomic E-state index is -4.25. The molecule has 0 unspecified atom stereocenters. The molecule has 1 aliphatic carbocycles. The summed E-state index contributed by atoms with van der Waals surface area (Å²) in [4.78, 5) is 11.3. The summed E-state index contributed by atoms with van der Waals surface area (Å²) in [5.41, 5.74) is -0.600. The van der Waals surface area contributed by atoms with Crippen molar-refractivity contribution in [2.24, 2.45) is 5.92 Å². The average Bonchev–Trinajstić information content (AvgIpc) is 2.91. The van der Waals surface area contributed by atoms with Crippen LogP contribution in [-0.4, -0.2) is 14.3 Å². The Hall–Kier alpha value is -2.20. The van der Waals surface area contributed by atoms with Crippen LogP contribution in [0.5, 0.6) is 0 Å². The van der Waals surface area contributed by atoms with Gasteiger partial charge in [0.15, 0.2) is 0 Å². The van der Waals surface area contributed by atoms with Crippen molar-refractivity contribution in [3.63, 3.8) is 0 Å². The number of nitrogens with zero attached hydrogens (tertiary/aromatic N) is 1. The highest BCUT2D eigenvalue weighted by Gasteiger charge is 2.27. The Bertz CT molecular complexity index is 712. The first-order valence-electron chi connectivity index (χ1n) is 5.86. The van der Waals surface area contributed by atoms with Gasteiger partial charge in [-0.05, 0) is 25.0 Å². The number of hydrogen-bond acceptors (Lipinski definition) is 4. The van der Waals surface area contributed by atoms with Crippen LogP contribution in [0.4, 0.5) is 4.39 Å². The highest BCUT2D eigenvalue weighted by atomic mass is 32.2. The van der Waals surface area contributed by atoms with Crippen LogP contribution < -0.4 is 4.72 Å². The molecule has 0 saturated heterocycles. The Morgan fingerprint density at radius 2 is 2.00 bits per heavy atom. The summed E-state index contributed by atoms with van der Waals surface area (Å²) in [6.07, 6.45) is 4.52. The Labute approximate surface area is 115 Å². The van der Waals surface area contributed by atoms with Crippen LogP contribution in [0.15, 0.2) is 35.2 Å². The van der Waals surface area contributed by atoms with Crippen LogP contribution >= 0.6 is 0 Å². The molecule has 1 aromatic rings. The van der Waals surface area contributed by atoms with Gasteiger partial charge in [-0.15, -0.1) is 0 Å². The Kier molecular flexibility index (Phi) is 3.86. The summed E-state index contributed by atoms with van der Waals surface area (Å²) in [7, 11) is -4.25. The molecule has 7 heteroatoms. The van der Waals surface area contributed by atoms with E-state index in [4.69, 9.17) is 5.26 Å². The predicted molar refractivity (Wildman–Crippen MR) is 68.3 cm³/mol. The van der Waals surface area contributed by atoms with E-state index in [-0.39, 0.29) is 0 Å². The lowest BCUT2D eigenvalue weighted by molar-refractivity contribution is -0.122. The second-order valence-corrected chi connectivity index (χ2v) is 5.99. The van der Waals surface area contributed by atoms with Crippen molar-refractivity contribution >= 4 is 15.9 Å². The summed E-state index contributed by atoms with van der Waals surface area (Å²) in [6, 6.07) is 4.74. The van der Waals surface area contributed by atoms with Crippen LogP contribution in [0, 0.1) is 23.1 Å². The van der Waals surface area contributed by atoms with E-state index < -0.39 is 38.1 Å². The molecule has 1 N–H and O–H groups in total. The molecule has 104 valence electrons. The smallest absolute Gasteiger partial charge is 0.265 e. The first-order valence-corrected chi connectivity index (χ1v) is 7.34. The van der Waals surface area contributed by atoms with E-state index in [9.17, 15) is 17.6 Å². The van der Waals surface area contributed by atoms with Gasteiger partial charge in [-0.2, -0.15) is 5.26 Å². The molecule has 0 aromatic heterocycles. The minimum absolute atomic E-state index is 0.441. The third-order valence-electron chi connectivity index (χ3n) is 2.99. The quantitative estimate of drug-likeness (QED) is 0.855. The molecule has 0 atom stereocenters. The number of carbonyl (C=O) groups is 1. The number of sulfonamides is 1. The van der Waals surface area contributed by atoms with Crippen molar-refractivity contribution in [1.29, 1.82) is 5.26 Å². The van der Waals surface area contributed by atoms with Gasteiger partial charge in [-0.3, -0.25) is 4.79 Å². The molecule has 0 bridgehead atoms. The summed E-state index contributed by atoms with van der Waals surface area (Å²) < 4.78 is 39.4. The lowest BCUT2D eigenvalue weighted by Gasteiger charge is -2.12. The predicted octanol–water partition coefficient (Wildman–Crippen LogP) is 1.47. The lowest BCUT2D eigenvalue weighted by atomic mass is 10.1. The van der Waals surface area contributed by atoms with Gasteiger partial charge >= 0.3 is 0 Å². The molecule has 0 aliphatic heterocycles. The summed E-state index contributed by atoms with van der Waals surface area (Å²) in [5.74, 6) is -2.03. The van der Waals surface area contributed by atoms with Gasteiger partial charge in [-0.25, -0.2) is 17.5 Å². The molecule has 1 aliphatic rings. The topological polar surface area (TPSA) is 87.0 Å². The van der Waals surface area contributed by atoms with Crippen LogP contribution in [0.2, 0.25) is 0 Å². The highest BCUT2D eigenvalue weighted by Crippen LogP contribution is 2.21. The summed E-state index contributed by atoms with van der Waals surface area (Å²) in [6.45, 7) is 0. The van der Waals surface area contributed by atoms with Crippen LogP contribution in [0.3, 0.4) is 0 Å². The lowest BCUT2D eigenvalue weighted by Crippen LogP contribution is -2.35. The van der Waals surface area contributed by atoms with Crippen molar-refractivity contribution in [2.45, 2.75) is 17.7 Å². The zero-order valence-electron chi connectivity index (χ0n) is 10.3. The van der Waals surface area contributed by atoms with E-state index in [1.54, 1.807) is 12.2 Å².